The predicted octanol–water partition coefficient (Wildman–Crippen LogP) is 20.2. The fourth-order valence-electron chi connectivity index (χ4n) is 17.5. The minimum absolute atomic E-state index is 0.0176. The molecule has 0 aromatic carbocycles. The van der Waals surface area contributed by atoms with Gasteiger partial charge in [0.1, 0.15) is 12.2 Å². The van der Waals surface area contributed by atoms with E-state index in [1.807, 2.05) is 0 Å². The molecule has 1 amide bonds. The van der Waals surface area contributed by atoms with Crippen LogP contribution in [0, 0.1) is 87.3 Å². The molecule has 15 atom stereocenters. The standard InChI is InChI=1S/C76H124N2O5S/c1-53(2)55(5)28-30-58(8)66-38-40-68-60(25-23-44-75(66,68)11)33-34-61-51-63(36-32-57(61)7)82-71(79)26-19-15-17-21-48-78(73(81)84-50-24-47-77(13)14)49-22-18-16-20-27-72(80)83-64-42-45-74(10)62(52-64)35-37-65-69-41-39-67(76(69,12)46-43-70(65)74)59(9)31-29-56(6)54(3)4/h28-31,33-35,37,53-59,63-64,66-70H,15-27,32,36,38-52H2,1-14H3/b30-28+,31-29+,60-33+,61-34-. The number of hydrogen-bond acceptors (Lipinski definition) is 7. The zero-order valence-corrected chi connectivity index (χ0v) is 57.1. The first-order valence-electron chi connectivity index (χ1n) is 35.2. The molecule has 7 nitrogen and oxygen atoms in total. The maximum atomic E-state index is 13.5. The van der Waals surface area contributed by atoms with E-state index in [2.05, 4.69) is 156 Å². The quantitative estimate of drug-likeness (QED) is 0.0420. The first kappa shape index (κ1) is 68.6. The Morgan fingerprint density at radius 2 is 1.14 bits per heavy atom. The topological polar surface area (TPSA) is 76.1 Å². The van der Waals surface area contributed by atoms with E-state index in [4.69, 9.17) is 9.47 Å². The summed E-state index contributed by atoms with van der Waals surface area (Å²) in [5.74, 6) is 8.59. The Morgan fingerprint density at radius 3 is 1.74 bits per heavy atom. The molecular formula is C76H124N2O5S. The monoisotopic (exact) mass is 1180 g/mol. The maximum absolute atomic E-state index is 13.5. The second-order valence-electron chi connectivity index (χ2n) is 30.6. The van der Waals surface area contributed by atoms with Gasteiger partial charge in [-0.25, -0.2) is 0 Å². The Kier molecular flexibility index (Phi) is 26.2. The summed E-state index contributed by atoms with van der Waals surface area (Å²) in [7, 11) is 4.17. The highest BCUT2D eigenvalue weighted by Gasteiger charge is 2.57. The molecule has 0 aromatic heterocycles. The predicted molar refractivity (Wildman–Crippen MR) is 356 cm³/mol. The van der Waals surface area contributed by atoms with Crippen molar-refractivity contribution in [2.75, 3.05) is 39.5 Å². The Bertz CT molecular complexity index is 2320. The molecule has 7 aliphatic rings. The van der Waals surface area contributed by atoms with E-state index in [1.165, 1.54) is 80.7 Å². The van der Waals surface area contributed by atoms with Crippen LogP contribution in [0.3, 0.4) is 0 Å². The number of ether oxygens (including phenoxy) is 2. The number of rotatable bonds is 29. The van der Waals surface area contributed by atoms with E-state index in [0.717, 1.165) is 134 Å². The van der Waals surface area contributed by atoms with Crippen LogP contribution in [0.25, 0.3) is 0 Å². The molecule has 0 heterocycles. The zero-order chi connectivity index (χ0) is 60.8. The molecule has 0 radical (unpaired) electrons. The Balaban J connectivity index is 0.791. The van der Waals surface area contributed by atoms with Crippen LogP contribution in [0.4, 0.5) is 4.79 Å². The largest absolute Gasteiger partial charge is 0.462 e. The van der Waals surface area contributed by atoms with Gasteiger partial charge < -0.3 is 19.3 Å². The van der Waals surface area contributed by atoms with E-state index in [0.29, 0.717) is 82.9 Å². The van der Waals surface area contributed by atoms with Crippen molar-refractivity contribution in [2.24, 2.45) is 87.3 Å². The summed E-state index contributed by atoms with van der Waals surface area (Å²) in [5.41, 5.74) is 7.30. The average molecular weight is 1180 g/mol. The van der Waals surface area contributed by atoms with Gasteiger partial charge in [0.25, 0.3) is 5.24 Å². The van der Waals surface area contributed by atoms with Crippen molar-refractivity contribution in [3.05, 3.63) is 70.9 Å². The highest BCUT2D eigenvalue weighted by Crippen LogP contribution is 2.66. The van der Waals surface area contributed by atoms with Gasteiger partial charge in [-0.3, -0.25) is 14.4 Å². The highest BCUT2D eigenvalue weighted by molar-refractivity contribution is 8.13. The van der Waals surface area contributed by atoms with Gasteiger partial charge in [0.2, 0.25) is 0 Å². The summed E-state index contributed by atoms with van der Waals surface area (Å²) in [6, 6.07) is 0. The number of carbonyl (C=O) groups is 3. The lowest BCUT2D eigenvalue weighted by Crippen LogP contribution is -2.46. The Labute approximate surface area is 519 Å². The third kappa shape index (κ3) is 17.9. The number of esters is 2. The molecule has 0 aliphatic heterocycles. The van der Waals surface area contributed by atoms with Gasteiger partial charge in [0.05, 0.1) is 0 Å². The molecule has 6 fully saturated rings. The molecule has 6 saturated carbocycles. The molecule has 8 heteroatoms. The maximum Gasteiger partial charge on any atom is 0.306 e. The lowest BCUT2D eigenvalue weighted by Gasteiger charge is -2.55. The number of allylic oxidation sites excluding steroid dienone is 10. The normalized spacial score (nSPS) is 33.0. The minimum atomic E-state index is -0.0542. The fraction of sp³-hybridized carbons (Fsp3) is 0.803. The van der Waals surface area contributed by atoms with Gasteiger partial charge in [-0.15, -0.1) is 0 Å². The van der Waals surface area contributed by atoms with Crippen LogP contribution < -0.4 is 0 Å². The lowest BCUT2D eigenvalue weighted by atomic mass is 9.50. The zero-order valence-electron chi connectivity index (χ0n) is 56.3. The minimum Gasteiger partial charge on any atom is -0.462 e. The van der Waals surface area contributed by atoms with Crippen molar-refractivity contribution < 1.29 is 23.9 Å². The van der Waals surface area contributed by atoms with Crippen LogP contribution in [0.15, 0.2) is 70.9 Å². The lowest BCUT2D eigenvalue weighted by molar-refractivity contribution is -0.151. The second kappa shape index (κ2) is 32.1. The molecule has 0 N–H and O–H groups in total. The molecule has 0 saturated heterocycles. The second-order valence-corrected chi connectivity index (χ2v) is 31.7. The van der Waals surface area contributed by atoms with E-state index in [-0.39, 0.29) is 34.8 Å². The van der Waals surface area contributed by atoms with Gasteiger partial charge in [-0.2, -0.15) is 0 Å². The smallest absolute Gasteiger partial charge is 0.306 e. The van der Waals surface area contributed by atoms with E-state index < -0.39 is 0 Å². The third-order valence-corrected chi connectivity index (χ3v) is 24.9. The van der Waals surface area contributed by atoms with Crippen molar-refractivity contribution in [1.82, 2.24) is 9.80 Å². The van der Waals surface area contributed by atoms with Gasteiger partial charge >= 0.3 is 11.9 Å². The van der Waals surface area contributed by atoms with Crippen molar-refractivity contribution >= 4 is 28.9 Å². The summed E-state index contributed by atoms with van der Waals surface area (Å²) >= 11 is 1.46. The SMILES string of the molecule is CC1CCC(OC(=O)CCCCCCN(CCCCCCC(=O)OC2CCC3(C)C(=CC=C4C3CCC3(C)C4CCC3C(C)/C=C/C(C)C(C)C)C2)C(=O)SCCCN(C)C)C/C1=C/C=C1\CCCC2(C)C1CCC2C(C)/C=C/C(C)C(C)C. The number of unbranched alkanes of at least 4 members (excludes halogenated alkanes) is 6. The highest BCUT2D eigenvalue weighted by atomic mass is 32.2. The molecule has 84 heavy (non-hydrogen) atoms. The van der Waals surface area contributed by atoms with Crippen LogP contribution in [0.2, 0.25) is 0 Å². The number of fused-ring (bicyclic) bond motifs is 6. The fourth-order valence-corrected chi connectivity index (χ4v) is 18.3. The van der Waals surface area contributed by atoms with Crippen LogP contribution in [-0.2, 0) is 19.1 Å². The first-order chi connectivity index (χ1) is 40.0. The van der Waals surface area contributed by atoms with Crippen LogP contribution in [0.5, 0.6) is 0 Å². The third-order valence-electron chi connectivity index (χ3n) is 23.9. The number of hydrogen-bond donors (Lipinski definition) is 0. The molecule has 0 bridgehead atoms. The van der Waals surface area contributed by atoms with Gasteiger partial charge in [0, 0.05) is 44.5 Å². The molecule has 0 aromatic rings. The molecule has 0 spiro atoms. The Morgan fingerprint density at radius 1 is 0.583 bits per heavy atom. The van der Waals surface area contributed by atoms with E-state index in [9.17, 15) is 14.4 Å². The van der Waals surface area contributed by atoms with E-state index in [1.54, 1.807) is 11.1 Å². The molecule has 7 rings (SSSR count). The van der Waals surface area contributed by atoms with Crippen molar-refractivity contribution in [2.45, 2.75) is 262 Å². The van der Waals surface area contributed by atoms with Crippen LogP contribution >= 0.6 is 11.8 Å². The van der Waals surface area contributed by atoms with Gasteiger partial charge in [-0.05, 0) is 223 Å². The number of carbonyl (C=O) groups excluding carboxylic acids is 3. The molecular weight excluding hydrogens is 1050 g/mol. The van der Waals surface area contributed by atoms with Gasteiger partial charge in [0.15, 0.2) is 0 Å². The molecule has 15 unspecified atom stereocenters. The summed E-state index contributed by atoms with van der Waals surface area (Å²) in [4.78, 5) is 44.3. The first-order valence-corrected chi connectivity index (χ1v) is 36.1. The molecule has 474 valence electrons. The summed E-state index contributed by atoms with van der Waals surface area (Å²) in [5, 5.41) is 0.184. The van der Waals surface area contributed by atoms with Crippen LogP contribution in [0.1, 0.15) is 250 Å². The van der Waals surface area contributed by atoms with Crippen molar-refractivity contribution in [3.8, 4) is 0 Å². The number of nitrogens with zero attached hydrogens (tertiary/aromatic N) is 2. The van der Waals surface area contributed by atoms with Crippen molar-refractivity contribution in [1.29, 1.82) is 0 Å². The average Bonchev–Trinajstić information content (AvgIpc) is 1.48. The summed E-state index contributed by atoms with van der Waals surface area (Å²) in [6.45, 7) is 31.6. The van der Waals surface area contributed by atoms with Gasteiger partial charge in [-0.1, -0.05) is 191 Å². The van der Waals surface area contributed by atoms with Crippen molar-refractivity contribution in [3.63, 3.8) is 0 Å². The number of amides is 1. The molecule has 7 aliphatic carbocycles. The number of thioether (sulfide) groups is 1. The summed E-state index contributed by atoms with van der Waals surface area (Å²) < 4.78 is 12.4. The van der Waals surface area contributed by atoms with Crippen LogP contribution in [-0.4, -0.2) is 78.7 Å². The van der Waals surface area contributed by atoms with E-state index >= 15 is 0 Å². The summed E-state index contributed by atoms with van der Waals surface area (Å²) in [6.07, 6.45) is 46.9. The Hall–Kier alpha value is -2.84.